The van der Waals surface area contributed by atoms with Gasteiger partial charge >= 0.3 is 0 Å². The van der Waals surface area contributed by atoms with E-state index in [1.807, 2.05) is 0 Å². The highest BCUT2D eigenvalue weighted by atomic mass is 19.2. The number of anilines is 1. The number of hydrogen-bond acceptors (Lipinski definition) is 2. The van der Waals surface area contributed by atoms with Crippen LogP contribution in [0.25, 0.3) is 0 Å². The molecule has 0 saturated carbocycles. The third kappa shape index (κ3) is 2.96. The minimum atomic E-state index is -1.04. The average molecular weight is 271 g/mol. The second kappa shape index (κ2) is 5.17. The third-order valence-electron chi connectivity index (χ3n) is 2.43. The molecule has 0 aliphatic rings. The summed E-state index contributed by atoms with van der Waals surface area (Å²) in [4.78, 5) is 0. The molecule has 2 nitrogen and oxygen atoms in total. The van der Waals surface area contributed by atoms with Gasteiger partial charge in [0.25, 0.3) is 0 Å². The van der Waals surface area contributed by atoms with Crippen molar-refractivity contribution in [2.24, 2.45) is 0 Å². The summed E-state index contributed by atoms with van der Waals surface area (Å²) in [5, 5.41) is 0. The highest BCUT2D eigenvalue weighted by Gasteiger charge is 2.10. The van der Waals surface area contributed by atoms with Crippen LogP contribution in [-0.2, 0) is 6.61 Å². The van der Waals surface area contributed by atoms with Crippen molar-refractivity contribution in [2.75, 3.05) is 5.73 Å². The maximum Gasteiger partial charge on any atom is 0.167 e. The van der Waals surface area contributed by atoms with Crippen LogP contribution >= 0.6 is 0 Å². The quantitative estimate of drug-likeness (QED) is 0.686. The molecular weight excluding hydrogens is 262 g/mol. The lowest BCUT2D eigenvalue weighted by atomic mass is 10.2. The van der Waals surface area contributed by atoms with Crippen molar-refractivity contribution in [3.05, 3.63) is 59.2 Å². The van der Waals surface area contributed by atoms with Crippen molar-refractivity contribution < 1.29 is 22.3 Å². The van der Waals surface area contributed by atoms with Crippen LogP contribution in [0.5, 0.6) is 5.75 Å². The fourth-order valence-electron chi connectivity index (χ4n) is 1.45. The lowest BCUT2D eigenvalue weighted by Crippen LogP contribution is -2.01. The smallest absolute Gasteiger partial charge is 0.167 e. The van der Waals surface area contributed by atoms with Crippen LogP contribution in [0.1, 0.15) is 5.56 Å². The molecule has 2 rings (SSSR count). The van der Waals surface area contributed by atoms with Gasteiger partial charge in [-0.15, -0.1) is 0 Å². The van der Waals surface area contributed by atoms with Crippen LogP contribution in [-0.4, -0.2) is 0 Å². The molecule has 0 aliphatic carbocycles. The van der Waals surface area contributed by atoms with Gasteiger partial charge < -0.3 is 10.5 Å². The van der Waals surface area contributed by atoms with E-state index in [1.165, 1.54) is 6.07 Å². The van der Waals surface area contributed by atoms with Gasteiger partial charge in [0.2, 0.25) is 0 Å². The van der Waals surface area contributed by atoms with Gasteiger partial charge in [-0.1, -0.05) is 6.07 Å². The summed E-state index contributed by atoms with van der Waals surface area (Å²) in [6, 6.07) is 4.71. The zero-order chi connectivity index (χ0) is 14.0. The van der Waals surface area contributed by atoms with Crippen molar-refractivity contribution >= 4 is 5.69 Å². The molecule has 0 atom stereocenters. The summed E-state index contributed by atoms with van der Waals surface area (Å²) >= 11 is 0. The Hall–Kier alpha value is -2.24. The molecule has 0 fully saturated rings. The van der Waals surface area contributed by atoms with Crippen molar-refractivity contribution in [3.8, 4) is 5.75 Å². The molecule has 0 amide bonds. The van der Waals surface area contributed by atoms with Gasteiger partial charge in [-0.05, 0) is 17.7 Å². The first-order valence-corrected chi connectivity index (χ1v) is 5.28. The number of benzene rings is 2. The second-order valence-corrected chi connectivity index (χ2v) is 3.84. The lowest BCUT2D eigenvalue weighted by molar-refractivity contribution is 0.287. The third-order valence-corrected chi connectivity index (χ3v) is 2.43. The van der Waals surface area contributed by atoms with E-state index in [-0.39, 0.29) is 23.6 Å². The van der Waals surface area contributed by atoms with Crippen molar-refractivity contribution in [3.63, 3.8) is 0 Å². The molecule has 2 aromatic carbocycles. The van der Waals surface area contributed by atoms with Gasteiger partial charge in [-0.2, -0.15) is 0 Å². The average Bonchev–Trinajstić information content (AvgIpc) is 2.36. The Bertz CT molecular complexity index is 616. The van der Waals surface area contributed by atoms with Crippen molar-refractivity contribution in [2.45, 2.75) is 6.61 Å². The topological polar surface area (TPSA) is 35.2 Å². The van der Waals surface area contributed by atoms with Crippen LogP contribution in [0, 0.1) is 23.3 Å². The zero-order valence-corrected chi connectivity index (χ0v) is 9.59. The molecule has 0 unspecified atom stereocenters. The van der Waals surface area contributed by atoms with E-state index < -0.39 is 23.3 Å². The summed E-state index contributed by atoms with van der Waals surface area (Å²) in [5.41, 5.74) is 5.12. The van der Waals surface area contributed by atoms with Crippen LogP contribution in [0.2, 0.25) is 0 Å². The molecule has 0 bridgehead atoms. The minimum absolute atomic E-state index is 0.225. The van der Waals surface area contributed by atoms with Gasteiger partial charge in [-0.3, -0.25) is 0 Å². The summed E-state index contributed by atoms with van der Waals surface area (Å²) in [7, 11) is 0. The molecule has 2 N–H and O–H groups in total. The van der Waals surface area contributed by atoms with Gasteiger partial charge in [0.05, 0.1) is 5.69 Å². The summed E-state index contributed by atoms with van der Waals surface area (Å²) in [6.07, 6.45) is 0. The van der Waals surface area contributed by atoms with E-state index in [2.05, 4.69) is 0 Å². The van der Waals surface area contributed by atoms with E-state index in [1.54, 1.807) is 0 Å². The van der Waals surface area contributed by atoms with Crippen molar-refractivity contribution in [1.82, 2.24) is 0 Å². The molecule has 6 heteroatoms. The lowest BCUT2D eigenvalue weighted by Gasteiger charge is -2.08. The predicted octanol–water partition coefficient (Wildman–Crippen LogP) is 3.40. The number of hydrogen-bond donors (Lipinski definition) is 1. The molecule has 0 saturated heterocycles. The summed E-state index contributed by atoms with van der Waals surface area (Å²) in [6.45, 7) is -0.225. The van der Waals surface area contributed by atoms with E-state index >= 15 is 0 Å². The Morgan fingerprint density at radius 1 is 0.842 bits per heavy atom. The Balaban J connectivity index is 2.14. The van der Waals surface area contributed by atoms with Gasteiger partial charge in [-0.25, -0.2) is 17.6 Å². The molecule has 2 aromatic rings. The first-order chi connectivity index (χ1) is 8.97. The summed E-state index contributed by atoms with van der Waals surface area (Å²) in [5.74, 6) is -4.03. The monoisotopic (exact) mass is 271 g/mol. The zero-order valence-electron chi connectivity index (χ0n) is 9.59. The number of halogens is 4. The minimum Gasteiger partial charge on any atom is -0.486 e. The molecule has 0 radical (unpaired) electrons. The van der Waals surface area contributed by atoms with Crippen LogP contribution in [0.3, 0.4) is 0 Å². The number of ether oxygens (including phenoxy) is 1. The predicted molar refractivity (Wildman–Crippen MR) is 61.5 cm³/mol. The molecule has 0 aliphatic heterocycles. The second-order valence-electron chi connectivity index (χ2n) is 3.84. The van der Waals surface area contributed by atoms with Gasteiger partial charge in [0, 0.05) is 12.1 Å². The van der Waals surface area contributed by atoms with E-state index in [9.17, 15) is 17.6 Å². The first-order valence-electron chi connectivity index (χ1n) is 5.28. The maximum atomic E-state index is 13.4. The van der Waals surface area contributed by atoms with E-state index in [0.29, 0.717) is 0 Å². The summed E-state index contributed by atoms with van der Waals surface area (Å²) < 4.78 is 57.1. The molecule has 0 aromatic heterocycles. The van der Waals surface area contributed by atoms with Gasteiger partial charge in [0.1, 0.15) is 12.4 Å². The van der Waals surface area contributed by atoms with E-state index in [0.717, 1.165) is 24.3 Å². The first kappa shape index (κ1) is 13.2. The number of nitrogen functional groups attached to an aromatic ring is 1. The number of nitrogens with two attached hydrogens (primary N) is 1. The van der Waals surface area contributed by atoms with Crippen molar-refractivity contribution in [1.29, 1.82) is 0 Å². The van der Waals surface area contributed by atoms with Crippen LogP contribution in [0.4, 0.5) is 23.2 Å². The molecular formula is C13H9F4NO. The fourth-order valence-corrected chi connectivity index (χ4v) is 1.45. The molecule has 0 spiro atoms. The van der Waals surface area contributed by atoms with E-state index in [4.69, 9.17) is 10.5 Å². The normalized spacial score (nSPS) is 10.5. The Kier molecular flexibility index (Phi) is 3.59. The molecule has 100 valence electrons. The van der Waals surface area contributed by atoms with Gasteiger partial charge in [0.15, 0.2) is 23.2 Å². The highest BCUT2D eigenvalue weighted by Crippen LogP contribution is 2.24. The SMILES string of the molecule is Nc1cc(F)c(OCc2ccc(F)c(F)c2)cc1F. The molecule has 0 heterocycles. The van der Waals surface area contributed by atoms with Crippen LogP contribution < -0.4 is 10.5 Å². The Morgan fingerprint density at radius 2 is 1.58 bits per heavy atom. The largest absolute Gasteiger partial charge is 0.486 e. The molecule has 19 heavy (non-hydrogen) atoms. The standard InChI is InChI=1S/C13H9F4NO/c14-8-2-1-7(3-9(8)15)6-19-13-5-10(16)12(18)4-11(13)17/h1-5H,6,18H2. The maximum absolute atomic E-state index is 13.4. The highest BCUT2D eigenvalue weighted by molar-refractivity contribution is 5.44. The fraction of sp³-hybridized carbons (Fsp3) is 0.0769. The Labute approximate surface area is 106 Å². The van der Waals surface area contributed by atoms with Crippen LogP contribution in [0.15, 0.2) is 30.3 Å². The Morgan fingerprint density at radius 3 is 2.26 bits per heavy atom. The number of rotatable bonds is 3.